The standard InChI is InChI=1S/C14H21NO/c1-14(16,10-15-2)13-8-4-7-12(9-13)11-5-3-6-11/h4,7-9,11,15-16H,3,5-6,10H2,1-2H3. The lowest BCUT2D eigenvalue weighted by atomic mass is 9.79. The minimum atomic E-state index is -0.769. The van der Waals surface area contributed by atoms with Gasteiger partial charge in [-0.3, -0.25) is 0 Å². The van der Waals surface area contributed by atoms with Crippen molar-refractivity contribution in [3.63, 3.8) is 0 Å². The molecule has 2 heteroatoms. The van der Waals surface area contributed by atoms with E-state index in [0.29, 0.717) is 6.54 Å². The SMILES string of the molecule is CNCC(C)(O)c1cccc(C2CCC2)c1. The Labute approximate surface area is 97.7 Å². The molecule has 2 rings (SSSR count). The van der Waals surface area contributed by atoms with E-state index in [1.165, 1.54) is 24.8 Å². The summed E-state index contributed by atoms with van der Waals surface area (Å²) < 4.78 is 0. The van der Waals surface area contributed by atoms with E-state index in [0.717, 1.165) is 11.5 Å². The Balaban J connectivity index is 2.20. The summed E-state index contributed by atoms with van der Waals surface area (Å²) in [6, 6.07) is 8.43. The molecule has 1 fully saturated rings. The third-order valence-corrected chi connectivity index (χ3v) is 3.61. The van der Waals surface area contributed by atoms with E-state index in [9.17, 15) is 5.11 Å². The lowest BCUT2D eigenvalue weighted by molar-refractivity contribution is 0.0590. The van der Waals surface area contributed by atoms with Crippen molar-refractivity contribution in [2.75, 3.05) is 13.6 Å². The van der Waals surface area contributed by atoms with E-state index in [-0.39, 0.29) is 0 Å². The molecule has 2 N–H and O–H groups in total. The fraction of sp³-hybridized carbons (Fsp3) is 0.571. The fourth-order valence-corrected chi connectivity index (χ4v) is 2.32. The number of benzene rings is 1. The van der Waals surface area contributed by atoms with Gasteiger partial charge in [-0.1, -0.05) is 30.7 Å². The van der Waals surface area contributed by atoms with Crippen molar-refractivity contribution < 1.29 is 5.11 Å². The van der Waals surface area contributed by atoms with E-state index < -0.39 is 5.60 Å². The van der Waals surface area contributed by atoms with Crippen molar-refractivity contribution in [2.24, 2.45) is 0 Å². The van der Waals surface area contributed by atoms with Gasteiger partial charge in [-0.25, -0.2) is 0 Å². The molecule has 0 heterocycles. The van der Waals surface area contributed by atoms with Gasteiger partial charge in [0, 0.05) is 6.54 Å². The molecule has 0 radical (unpaired) electrons. The predicted octanol–water partition coefficient (Wildman–Crippen LogP) is 2.38. The first-order valence-electron chi connectivity index (χ1n) is 6.11. The fourth-order valence-electron chi connectivity index (χ4n) is 2.32. The Morgan fingerprint density at radius 1 is 1.44 bits per heavy atom. The summed E-state index contributed by atoms with van der Waals surface area (Å²) in [7, 11) is 1.87. The molecule has 1 saturated carbocycles. The third-order valence-electron chi connectivity index (χ3n) is 3.61. The van der Waals surface area contributed by atoms with Gasteiger partial charge in [0.2, 0.25) is 0 Å². The maximum Gasteiger partial charge on any atom is 0.0992 e. The second-order valence-electron chi connectivity index (χ2n) is 5.06. The molecule has 2 nitrogen and oxygen atoms in total. The highest BCUT2D eigenvalue weighted by Gasteiger charge is 2.25. The van der Waals surface area contributed by atoms with Gasteiger partial charge in [0.05, 0.1) is 5.60 Å². The Hall–Kier alpha value is -0.860. The van der Waals surface area contributed by atoms with Crippen LogP contribution in [0.5, 0.6) is 0 Å². The number of hydrogen-bond acceptors (Lipinski definition) is 2. The average Bonchev–Trinajstić information content (AvgIpc) is 2.15. The Morgan fingerprint density at radius 3 is 2.75 bits per heavy atom. The van der Waals surface area contributed by atoms with Crippen molar-refractivity contribution in [2.45, 2.75) is 37.7 Å². The molecule has 0 aliphatic heterocycles. The molecule has 0 aromatic heterocycles. The first-order chi connectivity index (χ1) is 7.63. The zero-order chi connectivity index (χ0) is 11.6. The van der Waals surface area contributed by atoms with Crippen LogP contribution in [-0.4, -0.2) is 18.7 Å². The van der Waals surface area contributed by atoms with Crippen LogP contribution >= 0.6 is 0 Å². The third kappa shape index (κ3) is 2.28. The van der Waals surface area contributed by atoms with Gasteiger partial charge in [-0.05, 0) is 43.9 Å². The molecular formula is C14H21NO. The monoisotopic (exact) mass is 219 g/mol. The summed E-state index contributed by atoms with van der Waals surface area (Å²) >= 11 is 0. The number of rotatable bonds is 4. The van der Waals surface area contributed by atoms with Crippen molar-refractivity contribution in [3.8, 4) is 0 Å². The van der Waals surface area contributed by atoms with Gasteiger partial charge in [0.25, 0.3) is 0 Å². The van der Waals surface area contributed by atoms with Crippen LogP contribution in [0.1, 0.15) is 43.2 Å². The van der Waals surface area contributed by atoms with Gasteiger partial charge in [-0.15, -0.1) is 0 Å². The number of aliphatic hydroxyl groups is 1. The second kappa shape index (κ2) is 4.56. The van der Waals surface area contributed by atoms with E-state index in [1.54, 1.807) is 0 Å². The predicted molar refractivity (Wildman–Crippen MR) is 66.5 cm³/mol. The first kappa shape index (κ1) is 11.6. The molecule has 1 aromatic carbocycles. The zero-order valence-electron chi connectivity index (χ0n) is 10.2. The average molecular weight is 219 g/mol. The molecule has 1 aliphatic carbocycles. The molecule has 0 bridgehead atoms. The quantitative estimate of drug-likeness (QED) is 0.815. The number of likely N-dealkylation sites (N-methyl/N-ethyl adjacent to an activating group) is 1. The van der Waals surface area contributed by atoms with Gasteiger partial charge in [0.1, 0.15) is 0 Å². The molecule has 16 heavy (non-hydrogen) atoms. The van der Waals surface area contributed by atoms with Crippen LogP contribution in [0.4, 0.5) is 0 Å². The molecule has 1 atom stereocenters. The maximum atomic E-state index is 10.3. The van der Waals surface area contributed by atoms with Crippen molar-refractivity contribution >= 4 is 0 Å². The highest BCUT2D eigenvalue weighted by molar-refractivity contribution is 5.31. The number of hydrogen-bond donors (Lipinski definition) is 2. The summed E-state index contributed by atoms with van der Waals surface area (Å²) in [6.45, 7) is 2.45. The molecule has 1 unspecified atom stereocenters. The summed E-state index contributed by atoms with van der Waals surface area (Å²) in [5.74, 6) is 0.727. The lowest BCUT2D eigenvalue weighted by Crippen LogP contribution is -2.33. The van der Waals surface area contributed by atoms with Crippen molar-refractivity contribution in [1.29, 1.82) is 0 Å². The summed E-state index contributed by atoms with van der Waals surface area (Å²) in [5, 5.41) is 13.4. The highest BCUT2D eigenvalue weighted by Crippen LogP contribution is 2.37. The van der Waals surface area contributed by atoms with Crippen LogP contribution in [0.15, 0.2) is 24.3 Å². The maximum absolute atomic E-state index is 10.3. The van der Waals surface area contributed by atoms with E-state index in [2.05, 4.69) is 23.5 Å². The van der Waals surface area contributed by atoms with Crippen LogP contribution in [-0.2, 0) is 5.60 Å². The summed E-state index contributed by atoms with van der Waals surface area (Å²) in [4.78, 5) is 0. The Bertz CT molecular complexity index is 356. The van der Waals surface area contributed by atoms with Gasteiger partial charge >= 0.3 is 0 Å². The molecule has 0 saturated heterocycles. The smallest absolute Gasteiger partial charge is 0.0992 e. The van der Waals surface area contributed by atoms with Crippen molar-refractivity contribution in [1.82, 2.24) is 5.32 Å². The normalized spacial score (nSPS) is 20.2. The molecular weight excluding hydrogens is 198 g/mol. The Morgan fingerprint density at radius 2 is 2.19 bits per heavy atom. The van der Waals surface area contributed by atoms with E-state index >= 15 is 0 Å². The van der Waals surface area contributed by atoms with Crippen molar-refractivity contribution in [3.05, 3.63) is 35.4 Å². The Kier molecular flexibility index (Phi) is 3.31. The molecule has 1 aliphatic rings. The van der Waals surface area contributed by atoms with Crippen LogP contribution in [0.2, 0.25) is 0 Å². The van der Waals surface area contributed by atoms with E-state index in [4.69, 9.17) is 0 Å². The second-order valence-corrected chi connectivity index (χ2v) is 5.06. The van der Waals surface area contributed by atoms with E-state index in [1.807, 2.05) is 20.0 Å². The van der Waals surface area contributed by atoms with Crippen LogP contribution < -0.4 is 5.32 Å². The van der Waals surface area contributed by atoms with Crippen LogP contribution in [0.25, 0.3) is 0 Å². The molecule has 1 aromatic rings. The largest absolute Gasteiger partial charge is 0.384 e. The number of nitrogens with one attached hydrogen (secondary N) is 1. The molecule has 0 spiro atoms. The topological polar surface area (TPSA) is 32.3 Å². The molecule has 88 valence electrons. The minimum Gasteiger partial charge on any atom is -0.384 e. The van der Waals surface area contributed by atoms with Gasteiger partial charge in [0.15, 0.2) is 0 Å². The minimum absolute atomic E-state index is 0.584. The zero-order valence-corrected chi connectivity index (χ0v) is 10.2. The highest BCUT2D eigenvalue weighted by atomic mass is 16.3. The van der Waals surface area contributed by atoms with Crippen LogP contribution in [0.3, 0.4) is 0 Å². The van der Waals surface area contributed by atoms with Gasteiger partial charge in [-0.2, -0.15) is 0 Å². The summed E-state index contributed by atoms with van der Waals surface area (Å²) in [5.41, 5.74) is 1.64. The lowest BCUT2D eigenvalue weighted by Gasteiger charge is -2.29. The first-order valence-corrected chi connectivity index (χ1v) is 6.11. The van der Waals surface area contributed by atoms with Crippen LogP contribution in [0, 0.1) is 0 Å². The summed E-state index contributed by atoms with van der Waals surface area (Å²) in [6.07, 6.45) is 3.96. The van der Waals surface area contributed by atoms with Gasteiger partial charge < -0.3 is 10.4 Å². The molecule has 0 amide bonds.